The van der Waals surface area contributed by atoms with Gasteiger partial charge in [0.2, 0.25) is 0 Å². The highest BCUT2D eigenvalue weighted by atomic mass is 35.5. The van der Waals surface area contributed by atoms with E-state index in [9.17, 15) is 0 Å². The van der Waals surface area contributed by atoms with Crippen molar-refractivity contribution in [3.8, 4) is 44.5 Å². The molecule has 8 aromatic carbocycles. The van der Waals surface area contributed by atoms with Crippen LogP contribution in [0.3, 0.4) is 0 Å². The molecule has 12 aromatic rings. The SMILES string of the molecule is CC(C)(C)NCCCNc1c(-c2ccc(CN3CCCCC3)cc2)cnc2cc(Cl)ccc12.Cc1ccc(-c2cnc3cc(Cl)ccc3c2NCCCNC(C)(C)C)cc1.Cc1ccc(-c2cnc3cc(Cl)ccc3c2NCCCNC(C)(C)C)cc1.Cc1cccc(-c2cnc3cc(Cl)ccc3c2NCCCNC(C)(C)C)c1. The number of hydrogen-bond acceptors (Lipinski definition) is 13. The van der Waals surface area contributed by atoms with Crippen molar-refractivity contribution in [1.29, 1.82) is 0 Å². The van der Waals surface area contributed by atoms with E-state index in [1.807, 2.05) is 73.3 Å². The van der Waals surface area contributed by atoms with Gasteiger partial charge in [0.1, 0.15) is 0 Å². The van der Waals surface area contributed by atoms with E-state index in [-0.39, 0.29) is 22.2 Å². The number of nitrogens with zero attached hydrogens (tertiary/aromatic N) is 5. The number of rotatable bonds is 26. The summed E-state index contributed by atoms with van der Waals surface area (Å²) in [5.41, 5.74) is 23.1. The highest BCUT2D eigenvalue weighted by molar-refractivity contribution is 6.32. The van der Waals surface area contributed by atoms with Crippen molar-refractivity contribution in [2.45, 2.75) is 178 Å². The average molecular weight is 1610 g/mol. The molecule has 8 N–H and O–H groups in total. The number of fused-ring (bicyclic) bond motifs is 4. The quantitative estimate of drug-likeness (QED) is 0.0243. The molecule has 1 saturated heterocycles. The van der Waals surface area contributed by atoms with Crippen LogP contribution in [0.4, 0.5) is 22.7 Å². The van der Waals surface area contributed by atoms with Crippen LogP contribution in [-0.2, 0) is 6.54 Å². The second kappa shape index (κ2) is 41.4. The Morgan fingerprint density at radius 3 is 0.886 bits per heavy atom. The number of aryl methyl sites for hydroxylation is 3. The van der Waals surface area contributed by atoms with Crippen molar-refractivity contribution >= 4 is 113 Å². The van der Waals surface area contributed by atoms with Crippen LogP contribution in [0.15, 0.2) is 195 Å². The molecule has 13 nitrogen and oxygen atoms in total. The maximum atomic E-state index is 6.24. The summed E-state index contributed by atoms with van der Waals surface area (Å²) in [6.45, 7) is 43.6. The molecule has 0 aliphatic carbocycles. The van der Waals surface area contributed by atoms with Crippen LogP contribution < -0.4 is 42.5 Å². The molecule has 5 heterocycles. The average Bonchev–Trinajstić information content (AvgIpc) is 0.802. The number of pyridine rings is 4. The summed E-state index contributed by atoms with van der Waals surface area (Å²) < 4.78 is 0. The van der Waals surface area contributed by atoms with Gasteiger partial charge in [-0.15, -0.1) is 0 Å². The molecule has 1 aliphatic rings. The molecule has 1 aliphatic heterocycles. The molecule has 0 unspecified atom stereocenters. The minimum Gasteiger partial charge on any atom is -0.384 e. The van der Waals surface area contributed by atoms with E-state index < -0.39 is 0 Å². The summed E-state index contributed by atoms with van der Waals surface area (Å²) in [4.78, 5) is 21.2. The van der Waals surface area contributed by atoms with Gasteiger partial charge < -0.3 is 42.5 Å². The maximum absolute atomic E-state index is 6.24. The highest BCUT2D eigenvalue weighted by Gasteiger charge is 2.20. The zero-order chi connectivity index (χ0) is 81.6. The number of aromatic nitrogens is 4. The van der Waals surface area contributed by atoms with Gasteiger partial charge in [-0.1, -0.05) is 167 Å². The molecule has 17 heteroatoms. The molecule has 4 aromatic heterocycles. The Morgan fingerprint density at radius 2 is 0.596 bits per heavy atom. The predicted octanol–water partition coefficient (Wildman–Crippen LogP) is 24.9. The van der Waals surface area contributed by atoms with E-state index in [4.69, 9.17) is 51.4 Å². The van der Waals surface area contributed by atoms with Crippen molar-refractivity contribution in [3.63, 3.8) is 0 Å². The lowest BCUT2D eigenvalue weighted by Crippen LogP contribution is -2.36. The third kappa shape index (κ3) is 27.4. The van der Waals surface area contributed by atoms with Crippen molar-refractivity contribution < 1.29 is 0 Å². The van der Waals surface area contributed by atoms with Gasteiger partial charge in [-0.3, -0.25) is 24.8 Å². The van der Waals surface area contributed by atoms with Gasteiger partial charge in [-0.2, -0.15) is 0 Å². The Balaban J connectivity index is 0.000000162. The Labute approximate surface area is 699 Å². The molecule has 0 amide bonds. The number of piperidine rings is 1. The molecule has 114 heavy (non-hydrogen) atoms. The fraction of sp³-hybridized carbons (Fsp3) is 0.381. The van der Waals surface area contributed by atoms with Gasteiger partial charge in [-0.25, -0.2) is 0 Å². The van der Waals surface area contributed by atoms with Crippen LogP contribution in [0, 0.1) is 20.8 Å². The Kier molecular flexibility index (Phi) is 31.9. The first-order valence-electron chi connectivity index (χ1n) is 40.7. The molecule has 1 fully saturated rings. The Morgan fingerprint density at radius 1 is 0.307 bits per heavy atom. The van der Waals surface area contributed by atoms with Crippen molar-refractivity contribution in [2.24, 2.45) is 0 Å². The van der Waals surface area contributed by atoms with Crippen molar-refractivity contribution in [3.05, 3.63) is 237 Å². The summed E-state index contributed by atoms with van der Waals surface area (Å²) in [7, 11) is 0. The lowest BCUT2D eigenvalue weighted by Gasteiger charge is -2.26. The van der Waals surface area contributed by atoms with E-state index in [0.717, 1.165) is 173 Å². The van der Waals surface area contributed by atoms with E-state index in [2.05, 4.69) is 288 Å². The summed E-state index contributed by atoms with van der Waals surface area (Å²) in [5.74, 6) is 0. The van der Waals surface area contributed by atoms with Crippen LogP contribution in [-0.4, -0.2) is 112 Å². The number of likely N-dealkylation sites (tertiary alicyclic amines) is 1. The summed E-state index contributed by atoms with van der Waals surface area (Å²) >= 11 is 24.7. The van der Waals surface area contributed by atoms with E-state index in [1.165, 1.54) is 76.9 Å². The molecule has 0 bridgehead atoms. The molecular formula is C97H121Cl4N13. The first kappa shape index (κ1) is 87.9. The number of nitrogens with one attached hydrogen (secondary N) is 8. The lowest BCUT2D eigenvalue weighted by atomic mass is 10.0. The highest BCUT2D eigenvalue weighted by Crippen LogP contribution is 2.40. The monoisotopic (exact) mass is 1610 g/mol. The Bertz CT molecular complexity index is 4920. The van der Waals surface area contributed by atoms with Crippen LogP contribution in [0.1, 0.15) is 150 Å². The minimum atomic E-state index is 0.140. The topological polar surface area (TPSA) is 151 Å². The number of hydrogen-bond donors (Lipinski definition) is 8. The van der Waals surface area contributed by atoms with Gasteiger partial charge in [0.05, 0.1) is 44.8 Å². The largest absolute Gasteiger partial charge is 0.384 e. The summed E-state index contributed by atoms with van der Waals surface area (Å²) in [5, 5.41) is 36.1. The smallest absolute Gasteiger partial charge is 0.0738 e. The van der Waals surface area contributed by atoms with Crippen LogP contribution in [0.2, 0.25) is 20.1 Å². The van der Waals surface area contributed by atoms with E-state index in [1.54, 1.807) is 0 Å². The third-order valence-electron chi connectivity index (χ3n) is 19.7. The zero-order valence-electron chi connectivity index (χ0n) is 70.0. The van der Waals surface area contributed by atoms with Crippen molar-refractivity contribution in [2.75, 3.05) is 86.7 Å². The van der Waals surface area contributed by atoms with Gasteiger partial charge >= 0.3 is 0 Å². The number of benzene rings is 8. The molecular weight excluding hydrogens is 1490 g/mol. The summed E-state index contributed by atoms with van der Waals surface area (Å²) in [6, 6.07) is 58.4. The zero-order valence-corrected chi connectivity index (χ0v) is 73.0. The minimum absolute atomic E-state index is 0.140. The van der Waals surface area contributed by atoms with Gasteiger partial charge in [-0.05, 0) is 282 Å². The Hall–Kier alpha value is -8.44. The molecule has 0 atom stereocenters. The second-order valence-corrected chi connectivity index (χ2v) is 36.0. The first-order valence-corrected chi connectivity index (χ1v) is 42.2. The fourth-order valence-electron chi connectivity index (χ4n) is 13.8. The summed E-state index contributed by atoms with van der Waals surface area (Å²) in [6.07, 6.45) is 16.0. The van der Waals surface area contributed by atoms with Gasteiger partial charge in [0.25, 0.3) is 0 Å². The first-order chi connectivity index (χ1) is 54.4. The molecule has 602 valence electrons. The number of anilines is 4. The van der Waals surface area contributed by atoms with Crippen LogP contribution >= 0.6 is 46.4 Å². The van der Waals surface area contributed by atoms with Crippen LogP contribution in [0.25, 0.3) is 88.1 Å². The fourth-order valence-corrected chi connectivity index (χ4v) is 14.5. The lowest BCUT2D eigenvalue weighted by molar-refractivity contribution is 0.221. The van der Waals surface area contributed by atoms with E-state index in [0.29, 0.717) is 20.1 Å². The van der Waals surface area contributed by atoms with Crippen LogP contribution in [0.5, 0.6) is 0 Å². The molecule has 0 radical (unpaired) electrons. The standard InChI is InChI=1S/C28H37ClN4.3C23H28ClN3/c1-28(2,3)32-15-7-14-30-27-24-13-12-23(29)18-26(24)31-19-25(27)22-10-8-21(9-11-22)20-33-16-5-4-6-17-33;2*1-16-6-8-17(9-7-16)20-15-26-21-14-18(24)10-11-19(21)22(20)25-12-5-13-27-23(2,3)4;1-16-7-5-8-17(13-16)20-15-26-21-14-18(24)9-10-19(21)22(20)25-11-6-12-27-23(2,3)4/h8-13,18-19,32H,4-7,14-17,20H2,1-3H3,(H,30,31);2*6-11,14-15,27H,5,12-13H2,1-4H3,(H,25,26);5,7-10,13-15,27H,6,11-12H2,1-4H3,(H,25,26). The predicted molar refractivity (Wildman–Crippen MR) is 496 cm³/mol. The van der Waals surface area contributed by atoms with Crippen molar-refractivity contribution in [1.82, 2.24) is 46.1 Å². The number of halogens is 4. The normalized spacial score (nSPS) is 12.7. The molecule has 13 rings (SSSR count). The maximum Gasteiger partial charge on any atom is 0.0738 e. The molecule has 0 saturated carbocycles. The van der Waals surface area contributed by atoms with E-state index >= 15 is 0 Å². The van der Waals surface area contributed by atoms with Gasteiger partial charge in [0, 0.05) is 144 Å². The van der Waals surface area contributed by atoms with Gasteiger partial charge in [0.15, 0.2) is 0 Å². The second-order valence-electron chi connectivity index (χ2n) is 34.3. The third-order valence-corrected chi connectivity index (χ3v) is 20.7. The molecule has 0 spiro atoms.